The molecule has 3 rings (SSSR count). The van der Waals surface area contributed by atoms with Gasteiger partial charge < -0.3 is 5.32 Å². The van der Waals surface area contributed by atoms with Crippen molar-refractivity contribution in [3.63, 3.8) is 0 Å². The van der Waals surface area contributed by atoms with Crippen LogP contribution < -0.4 is 5.32 Å². The van der Waals surface area contributed by atoms with Crippen molar-refractivity contribution in [1.82, 2.24) is 5.32 Å². The lowest BCUT2D eigenvalue weighted by molar-refractivity contribution is -0.121. The van der Waals surface area contributed by atoms with Crippen molar-refractivity contribution in [2.75, 3.05) is 0 Å². The predicted octanol–water partition coefficient (Wildman–Crippen LogP) is 5.18. The third-order valence-corrected chi connectivity index (χ3v) is 4.38. The fourth-order valence-corrected chi connectivity index (χ4v) is 2.92. The van der Waals surface area contributed by atoms with Gasteiger partial charge in [0.2, 0.25) is 5.91 Å². The van der Waals surface area contributed by atoms with E-state index in [0.717, 1.165) is 16.7 Å². The van der Waals surface area contributed by atoms with Gasteiger partial charge in [-0.25, -0.2) is 0 Å². The number of hydrogen-bond donors (Lipinski definition) is 1. The van der Waals surface area contributed by atoms with Crippen LogP contribution in [0.25, 0.3) is 0 Å². The van der Waals surface area contributed by atoms with Crippen LogP contribution in [-0.4, -0.2) is 5.91 Å². The Hall–Kier alpha value is -2.58. The lowest BCUT2D eigenvalue weighted by atomic mass is 9.98. The number of aryl methyl sites for hydroxylation is 1. The number of nitrogens with one attached hydrogen (secondary N) is 1. The Kier molecular flexibility index (Phi) is 5.86. The van der Waals surface area contributed by atoms with E-state index in [4.69, 9.17) is 11.6 Å². The second kappa shape index (κ2) is 8.50. The SMILES string of the molecule is O=C(CCc1ccc(Cl)cc1)NC(c1ccccc1)c1ccccc1. The van der Waals surface area contributed by atoms with Crippen LogP contribution >= 0.6 is 11.6 Å². The van der Waals surface area contributed by atoms with Gasteiger partial charge in [-0.1, -0.05) is 84.4 Å². The quantitative estimate of drug-likeness (QED) is 0.652. The minimum atomic E-state index is -0.139. The summed E-state index contributed by atoms with van der Waals surface area (Å²) in [5.41, 5.74) is 3.26. The van der Waals surface area contributed by atoms with Gasteiger partial charge >= 0.3 is 0 Å². The summed E-state index contributed by atoms with van der Waals surface area (Å²) in [4.78, 5) is 12.5. The first-order chi connectivity index (χ1) is 12.2. The molecule has 3 aromatic carbocycles. The molecule has 2 nitrogen and oxygen atoms in total. The third-order valence-electron chi connectivity index (χ3n) is 4.13. The van der Waals surface area contributed by atoms with Crippen molar-refractivity contribution >= 4 is 17.5 Å². The zero-order valence-electron chi connectivity index (χ0n) is 13.9. The van der Waals surface area contributed by atoms with E-state index < -0.39 is 0 Å². The normalized spacial score (nSPS) is 10.6. The molecule has 0 spiro atoms. The average Bonchev–Trinajstić information content (AvgIpc) is 2.67. The summed E-state index contributed by atoms with van der Waals surface area (Å²) in [5.74, 6) is 0.0349. The molecule has 0 unspecified atom stereocenters. The zero-order chi connectivity index (χ0) is 17.5. The Bertz CT molecular complexity index is 761. The lowest BCUT2D eigenvalue weighted by Gasteiger charge is -2.20. The monoisotopic (exact) mass is 349 g/mol. The van der Waals surface area contributed by atoms with Crippen LogP contribution in [0.2, 0.25) is 5.02 Å². The summed E-state index contributed by atoms with van der Waals surface area (Å²) in [6, 6.07) is 27.6. The van der Waals surface area contributed by atoms with Crippen LogP contribution in [0.1, 0.15) is 29.2 Å². The maximum absolute atomic E-state index is 12.5. The molecule has 0 aromatic heterocycles. The summed E-state index contributed by atoms with van der Waals surface area (Å²) in [5, 5.41) is 3.88. The molecule has 0 fully saturated rings. The fraction of sp³-hybridized carbons (Fsp3) is 0.136. The first-order valence-electron chi connectivity index (χ1n) is 8.36. The largest absolute Gasteiger partial charge is 0.345 e. The van der Waals surface area contributed by atoms with Crippen molar-refractivity contribution in [2.45, 2.75) is 18.9 Å². The molecule has 25 heavy (non-hydrogen) atoms. The molecule has 0 atom stereocenters. The maximum atomic E-state index is 12.5. The van der Waals surface area contributed by atoms with Crippen LogP contribution in [0.15, 0.2) is 84.9 Å². The Morgan fingerprint density at radius 2 is 1.32 bits per heavy atom. The number of benzene rings is 3. The summed E-state index contributed by atoms with van der Waals surface area (Å²) < 4.78 is 0. The van der Waals surface area contributed by atoms with Crippen LogP contribution in [0, 0.1) is 0 Å². The van der Waals surface area contributed by atoms with E-state index in [1.54, 1.807) is 0 Å². The number of halogens is 1. The topological polar surface area (TPSA) is 29.1 Å². The molecule has 0 radical (unpaired) electrons. The Morgan fingerprint density at radius 3 is 1.84 bits per heavy atom. The molecule has 3 heteroatoms. The van der Waals surface area contributed by atoms with E-state index in [9.17, 15) is 4.79 Å². The Balaban J connectivity index is 1.69. The van der Waals surface area contributed by atoms with Crippen molar-refractivity contribution < 1.29 is 4.79 Å². The van der Waals surface area contributed by atoms with E-state index in [1.807, 2.05) is 84.9 Å². The van der Waals surface area contributed by atoms with Gasteiger partial charge in [-0.05, 0) is 35.2 Å². The van der Waals surface area contributed by atoms with Gasteiger partial charge in [0.25, 0.3) is 0 Å². The van der Waals surface area contributed by atoms with Crippen LogP contribution in [0.4, 0.5) is 0 Å². The lowest BCUT2D eigenvalue weighted by Crippen LogP contribution is -2.29. The van der Waals surface area contributed by atoms with E-state index in [2.05, 4.69) is 5.32 Å². The van der Waals surface area contributed by atoms with E-state index in [-0.39, 0.29) is 11.9 Å². The van der Waals surface area contributed by atoms with Gasteiger partial charge in [0.15, 0.2) is 0 Å². The molecule has 3 aromatic rings. The van der Waals surface area contributed by atoms with E-state index in [0.29, 0.717) is 17.9 Å². The van der Waals surface area contributed by atoms with Gasteiger partial charge in [0.05, 0.1) is 6.04 Å². The number of rotatable bonds is 6. The highest BCUT2D eigenvalue weighted by molar-refractivity contribution is 6.30. The standard InChI is InChI=1S/C22H20ClNO/c23-20-14-11-17(12-15-20)13-16-21(25)24-22(18-7-3-1-4-8-18)19-9-5-2-6-10-19/h1-12,14-15,22H,13,16H2,(H,24,25). The molecule has 0 aliphatic carbocycles. The molecular formula is C22H20ClNO. The van der Waals surface area contributed by atoms with E-state index in [1.165, 1.54) is 0 Å². The maximum Gasteiger partial charge on any atom is 0.221 e. The van der Waals surface area contributed by atoms with Crippen molar-refractivity contribution in [3.8, 4) is 0 Å². The van der Waals surface area contributed by atoms with Crippen LogP contribution in [0.5, 0.6) is 0 Å². The first-order valence-corrected chi connectivity index (χ1v) is 8.74. The van der Waals surface area contributed by atoms with Crippen molar-refractivity contribution in [3.05, 3.63) is 107 Å². The highest BCUT2D eigenvalue weighted by atomic mass is 35.5. The molecule has 0 saturated carbocycles. The zero-order valence-corrected chi connectivity index (χ0v) is 14.6. The molecule has 0 saturated heterocycles. The Morgan fingerprint density at radius 1 is 0.800 bits per heavy atom. The second-order valence-corrected chi connectivity index (χ2v) is 6.38. The first kappa shape index (κ1) is 17.2. The van der Waals surface area contributed by atoms with Crippen molar-refractivity contribution in [2.24, 2.45) is 0 Å². The smallest absolute Gasteiger partial charge is 0.221 e. The van der Waals surface area contributed by atoms with Gasteiger partial charge in [0, 0.05) is 11.4 Å². The summed E-state index contributed by atoms with van der Waals surface area (Å²) in [7, 11) is 0. The summed E-state index contributed by atoms with van der Waals surface area (Å²) in [6.07, 6.45) is 1.14. The number of carbonyl (C=O) groups is 1. The van der Waals surface area contributed by atoms with Crippen LogP contribution in [0.3, 0.4) is 0 Å². The number of hydrogen-bond acceptors (Lipinski definition) is 1. The highest BCUT2D eigenvalue weighted by Gasteiger charge is 2.16. The molecule has 0 aliphatic heterocycles. The highest BCUT2D eigenvalue weighted by Crippen LogP contribution is 2.22. The molecule has 1 N–H and O–H groups in total. The van der Waals surface area contributed by atoms with Gasteiger partial charge in [-0.2, -0.15) is 0 Å². The van der Waals surface area contributed by atoms with Gasteiger partial charge in [-0.3, -0.25) is 4.79 Å². The molecule has 0 bridgehead atoms. The third kappa shape index (κ3) is 4.94. The fourth-order valence-electron chi connectivity index (χ4n) is 2.79. The van der Waals surface area contributed by atoms with Crippen molar-refractivity contribution in [1.29, 1.82) is 0 Å². The summed E-state index contributed by atoms with van der Waals surface area (Å²) >= 11 is 5.90. The Labute approximate surface area is 153 Å². The average molecular weight is 350 g/mol. The molecular weight excluding hydrogens is 330 g/mol. The molecule has 0 aliphatic rings. The second-order valence-electron chi connectivity index (χ2n) is 5.95. The van der Waals surface area contributed by atoms with Gasteiger partial charge in [-0.15, -0.1) is 0 Å². The molecule has 126 valence electrons. The van der Waals surface area contributed by atoms with Crippen LogP contribution in [-0.2, 0) is 11.2 Å². The summed E-state index contributed by atoms with van der Waals surface area (Å²) in [6.45, 7) is 0. The number of carbonyl (C=O) groups excluding carboxylic acids is 1. The minimum Gasteiger partial charge on any atom is -0.345 e. The molecule has 0 heterocycles. The predicted molar refractivity (Wildman–Crippen MR) is 103 cm³/mol. The van der Waals surface area contributed by atoms with E-state index >= 15 is 0 Å². The van der Waals surface area contributed by atoms with Gasteiger partial charge in [0.1, 0.15) is 0 Å². The number of amides is 1. The minimum absolute atomic E-state index is 0.0349. The molecule has 1 amide bonds.